The van der Waals surface area contributed by atoms with Crippen molar-refractivity contribution in [2.24, 2.45) is 17.8 Å². The number of carbonyl (C=O) groups is 1. The summed E-state index contributed by atoms with van der Waals surface area (Å²) in [6, 6.07) is 16.4. The number of anilines is 1. The van der Waals surface area contributed by atoms with Gasteiger partial charge >= 0.3 is 0 Å². The summed E-state index contributed by atoms with van der Waals surface area (Å²) in [4.78, 5) is 13.2. The number of fused-ring (bicyclic) bond motifs is 1. The molecule has 1 heterocycles. The Hall–Kier alpha value is -2.59. The molecular formula is C29H33NO3. The lowest BCUT2D eigenvalue weighted by molar-refractivity contribution is -0.00518. The summed E-state index contributed by atoms with van der Waals surface area (Å²) >= 11 is 0. The quantitative estimate of drug-likeness (QED) is 0.443. The topological polar surface area (TPSA) is 51.5 Å². The van der Waals surface area contributed by atoms with Gasteiger partial charge in [0.1, 0.15) is 5.58 Å². The van der Waals surface area contributed by atoms with E-state index in [9.17, 15) is 4.79 Å². The van der Waals surface area contributed by atoms with Gasteiger partial charge in [0.05, 0.1) is 12.7 Å². The number of amides is 1. The van der Waals surface area contributed by atoms with Crippen molar-refractivity contribution in [1.82, 2.24) is 0 Å². The highest BCUT2D eigenvalue weighted by atomic mass is 16.5. The number of rotatable bonds is 6. The fourth-order valence-corrected chi connectivity index (χ4v) is 7.23. The number of benzene rings is 2. The molecule has 4 nitrogen and oxygen atoms in total. The van der Waals surface area contributed by atoms with Crippen molar-refractivity contribution in [1.29, 1.82) is 0 Å². The molecule has 33 heavy (non-hydrogen) atoms. The van der Waals surface area contributed by atoms with Gasteiger partial charge in [-0.25, -0.2) is 0 Å². The van der Waals surface area contributed by atoms with Gasteiger partial charge in [-0.2, -0.15) is 0 Å². The molecule has 0 aliphatic heterocycles. The molecule has 1 aromatic heterocycles. The predicted octanol–water partition coefficient (Wildman–Crippen LogP) is 7.08. The van der Waals surface area contributed by atoms with Crippen LogP contribution in [0, 0.1) is 17.8 Å². The van der Waals surface area contributed by atoms with Gasteiger partial charge in [0.2, 0.25) is 0 Å². The zero-order valence-corrected chi connectivity index (χ0v) is 19.6. The smallest absolute Gasteiger partial charge is 0.291 e. The predicted molar refractivity (Wildman–Crippen MR) is 130 cm³/mol. The van der Waals surface area contributed by atoms with Crippen molar-refractivity contribution in [2.45, 2.75) is 70.5 Å². The normalized spacial score (nSPS) is 28.0. The van der Waals surface area contributed by atoms with E-state index in [4.69, 9.17) is 9.15 Å². The molecular weight excluding hydrogens is 410 g/mol. The Kier molecular flexibility index (Phi) is 5.10. The Morgan fingerprint density at radius 1 is 1.00 bits per heavy atom. The Morgan fingerprint density at radius 2 is 1.64 bits per heavy atom. The van der Waals surface area contributed by atoms with Gasteiger partial charge in [0, 0.05) is 16.6 Å². The van der Waals surface area contributed by atoms with Gasteiger partial charge in [0.15, 0.2) is 5.76 Å². The van der Waals surface area contributed by atoms with Crippen LogP contribution in [-0.2, 0) is 16.8 Å². The third kappa shape index (κ3) is 3.78. The molecule has 4 saturated carbocycles. The van der Waals surface area contributed by atoms with Gasteiger partial charge in [-0.3, -0.25) is 4.79 Å². The zero-order valence-electron chi connectivity index (χ0n) is 19.6. The summed E-state index contributed by atoms with van der Waals surface area (Å²) < 4.78 is 11.8. The summed E-state index contributed by atoms with van der Waals surface area (Å²) in [6.07, 6.45) is 8.48. The SMILES string of the molecule is CC(C)OCc1c(C(=O)Nc2ccc(C34CC5CC(CC(C5)C3)C4)cc2)oc2ccccc12. The molecule has 0 spiro atoms. The molecule has 0 atom stereocenters. The number of hydrogen-bond acceptors (Lipinski definition) is 3. The van der Waals surface area contributed by atoms with Crippen LogP contribution in [0.1, 0.15) is 74.1 Å². The minimum Gasteiger partial charge on any atom is -0.451 e. The van der Waals surface area contributed by atoms with Crippen LogP contribution in [0.2, 0.25) is 0 Å². The summed E-state index contributed by atoms with van der Waals surface area (Å²) in [5, 5.41) is 3.99. The maximum atomic E-state index is 13.2. The van der Waals surface area contributed by atoms with Gasteiger partial charge in [-0.15, -0.1) is 0 Å². The van der Waals surface area contributed by atoms with Gasteiger partial charge < -0.3 is 14.5 Å². The molecule has 4 aliphatic rings. The lowest BCUT2D eigenvalue weighted by atomic mass is 9.48. The highest BCUT2D eigenvalue weighted by molar-refractivity contribution is 6.06. The molecule has 7 rings (SSSR count). The van der Waals surface area contributed by atoms with Crippen molar-refractivity contribution in [3.8, 4) is 0 Å². The molecule has 1 amide bonds. The number of furan rings is 1. The second-order valence-corrected chi connectivity index (χ2v) is 11.0. The average Bonchev–Trinajstić information content (AvgIpc) is 3.16. The fraction of sp³-hybridized carbons (Fsp3) is 0.483. The monoisotopic (exact) mass is 443 g/mol. The van der Waals surface area contributed by atoms with Crippen molar-refractivity contribution in [3.05, 3.63) is 65.4 Å². The van der Waals surface area contributed by atoms with E-state index in [0.29, 0.717) is 23.4 Å². The average molecular weight is 444 g/mol. The van der Waals surface area contributed by atoms with Crippen LogP contribution in [0.3, 0.4) is 0 Å². The first-order valence-corrected chi connectivity index (χ1v) is 12.5. The minimum absolute atomic E-state index is 0.0756. The van der Waals surface area contributed by atoms with E-state index in [2.05, 4.69) is 29.6 Å². The van der Waals surface area contributed by atoms with Crippen molar-refractivity contribution < 1.29 is 13.9 Å². The minimum atomic E-state index is -0.226. The molecule has 1 N–H and O–H groups in total. The van der Waals surface area contributed by atoms with Crippen LogP contribution >= 0.6 is 0 Å². The Bertz CT molecular complexity index is 1140. The lowest BCUT2D eigenvalue weighted by Gasteiger charge is -2.57. The number of nitrogens with one attached hydrogen (secondary N) is 1. The van der Waals surface area contributed by atoms with Gasteiger partial charge in [-0.1, -0.05) is 30.3 Å². The second-order valence-electron chi connectivity index (χ2n) is 11.0. The summed E-state index contributed by atoms with van der Waals surface area (Å²) in [6.45, 7) is 4.34. The van der Waals surface area contributed by atoms with E-state index in [1.165, 1.54) is 44.1 Å². The molecule has 0 saturated heterocycles. The number of hydrogen-bond donors (Lipinski definition) is 1. The van der Waals surface area contributed by atoms with E-state index in [1.54, 1.807) is 0 Å². The first kappa shape index (κ1) is 21.0. The third-order valence-electron chi connectivity index (χ3n) is 8.26. The summed E-state index contributed by atoms with van der Waals surface area (Å²) in [5.74, 6) is 2.89. The van der Waals surface area contributed by atoms with Gasteiger partial charge in [-0.05, 0) is 99.3 Å². The molecule has 4 aliphatic carbocycles. The first-order valence-electron chi connectivity index (χ1n) is 12.5. The molecule has 4 fully saturated rings. The molecule has 4 heteroatoms. The Labute approximate surface area is 195 Å². The fourth-order valence-electron chi connectivity index (χ4n) is 7.23. The molecule has 0 unspecified atom stereocenters. The van der Waals surface area contributed by atoms with Gasteiger partial charge in [0.25, 0.3) is 5.91 Å². The maximum Gasteiger partial charge on any atom is 0.291 e. The third-order valence-corrected chi connectivity index (χ3v) is 8.26. The van der Waals surface area contributed by atoms with Crippen LogP contribution in [0.4, 0.5) is 5.69 Å². The highest BCUT2D eigenvalue weighted by Crippen LogP contribution is 2.60. The van der Waals surface area contributed by atoms with Crippen molar-refractivity contribution >= 4 is 22.6 Å². The van der Waals surface area contributed by atoms with E-state index in [0.717, 1.165) is 34.4 Å². The van der Waals surface area contributed by atoms with Crippen molar-refractivity contribution in [3.63, 3.8) is 0 Å². The van der Waals surface area contributed by atoms with E-state index in [1.807, 2.05) is 38.1 Å². The Morgan fingerprint density at radius 3 is 2.27 bits per heavy atom. The van der Waals surface area contributed by atoms with Crippen LogP contribution in [0.5, 0.6) is 0 Å². The largest absolute Gasteiger partial charge is 0.451 e. The Balaban J connectivity index is 1.23. The van der Waals surface area contributed by atoms with Crippen LogP contribution in [0.25, 0.3) is 11.0 Å². The summed E-state index contributed by atoms with van der Waals surface area (Å²) in [7, 11) is 0. The molecule has 172 valence electrons. The van der Waals surface area contributed by atoms with Crippen LogP contribution < -0.4 is 5.32 Å². The van der Waals surface area contributed by atoms with Crippen LogP contribution in [-0.4, -0.2) is 12.0 Å². The van der Waals surface area contributed by atoms with E-state index < -0.39 is 0 Å². The lowest BCUT2D eigenvalue weighted by Crippen LogP contribution is -2.48. The van der Waals surface area contributed by atoms with Crippen molar-refractivity contribution in [2.75, 3.05) is 5.32 Å². The number of carbonyl (C=O) groups excluding carboxylic acids is 1. The highest BCUT2D eigenvalue weighted by Gasteiger charge is 2.51. The molecule has 0 radical (unpaired) electrons. The first-order chi connectivity index (χ1) is 16.0. The molecule has 4 bridgehead atoms. The number of para-hydroxylation sites is 1. The zero-order chi connectivity index (χ0) is 22.6. The molecule has 2 aromatic carbocycles. The van der Waals surface area contributed by atoms with Crippen LogP contribution in [0.15, 0.2) is 52.9 Å². The molecule has 3 aromatic rings. The maximum absolute atomic E-state index is 13.2. The summed E-state index contributed by atoms with van der Waals surface area (Å²) in [5.41, 5.74) is 4.17. The second kappa shape index (κ2) is 8.02. The van der Waals surface area contributed by atoms with E-state index >= 15 is 0 Å². The van der Waals surface area contributed by atoms with E-state index in [-0.39, 0.29) is 12.0 Å². The number of ether oxygens (including phenoxy) is 1. The standard InChI is InChI=1S/C29H33NO3/c1-18(2)32-17-25-24-5-3-4-6-26(24)33-27(25)28(31)30-23-9-7-22(8-10-23)29-14-19-11-20(15-29)13-21(12-19)16-29/h3-10,18-21H,11-17H2,1-2H3,(H,30,31).